The lowest BCUT2D eigenvalue weighted by Gasteiger charge is -2.12. The monoisotopic (exact) mass is 432 g/mol. The van der Waals surface area contributed by atoms with E-state index in [2.05, 4.69) is 27.9 Å². The minimum atomic E-state index is -0.115. The Balaban J connectivity index is 2.40. The van der Waals surface area contributed by atoms with Crippen molar-refractivity contribution in [1.29, 1.82) is 0 Å². The van der Waals surface area contributed by atoms with Gasteiger partial charge in [0.25, 0.3) is 5.91 Å². The Morgan fingerprint density at radius 2 is 2.14 bits per heavy atom. The van der Waals surface area contributed by atoms with Gasteiger partial charge >= 0.3 is 0 Å². The predicted octanol–water partition coefficient (Wildman–Crippen LogP) is 2.78. The number of thiocarbonyl (C=S) groups is 1. The van der Waals surface area contributed by atoms with E-state index in [1.54, 1.807) is 13.2 Å². The van der Waals surface area contributed by atoms with Gasteiger partial charge in [0.05, 0.1) is 17.3 Å². The first-order valence-corrected chi connectivity index (χ1v) is 8.35. The van der Waals surface area contributed by atoms with Crippen LogP contribution in [0.25, 0.3) is 6.08 Å². The molecule has 5 nitrogen and oxygen atoms in total. The second kappa shape index (κ2) is 7.28. The highest BCUT2D eigenvalue weighted by molar-refractivity contribution is 14.1. The van der Waals surface area contributed by atoms with Gasteiger partial charge in [0.1, 0.15) is 5.70 Å². The van der Waals surface area contributed by atoms with Crippen LogP contribution >= 0.6 is 34.8 Å². The Morgan fingerprint density at radius 3 is 2.68 bits per heavy atom. The number of nitrogens with one attached hydrogen (secondary N) is 1. The molecule has 0 radical (unpaired) electrons. The summed E-state index contributed by atoms with van der Waals surface area (Å²) in [5, 5.41) is 3.38. The molecule has 2 rings (SSSR count). The molecule has 0 spiro atoms. The first kappa shape index (κ1) is 17.0. The van der Waals surface area contributed by atoms with E-state index in [4.69, 9.17) is 21.7 Å². The summed E-state index contributed by atoms with van der Waals surface area (Å²) in [6, 6.07) is 3.78. The number of halogens is 1. The lowest BCUT2D eigenvalue weighted by Crippen LogP contribution is -2.30. The molecule has 118 valence electrons. The van der Waals surface area contributed by atoms with Crippen molar-refractivity contribution in [1.82, 2.24) is 10.2 Å². The van der Waals surface area contributed by atoms with Crippen LogP contribution in [0.4, 0.5) is 0 Å². The van der Waals surface area contributed by atoms with Gasteiger partial charge in [0.2, 0.25) is 0 Å². The highest BCUT2D eigenvalue weighted by atomic mass is 127. The Morgan fingerprint density at radius 1 is 1.41 bits per heavy atom. The van der Waals surface area contributed by atoms with Crippen LogP contribution in [-0.4, -0.2) is 36.2 Å². The lowest BCUT2D eigenvalue weighted by atomic mass is 10.1. The average molecular weight is 432 g/mol. The van der Waals surface area contributed by atoms with Gasteiger partial charge in [-0.05, 0) is 72.4 Å². The first-order valence-electron chi connectivity index (χ1n) is 6.86. The van der Waals surface area contributed by atoms with Gasteiger partial charge in [-0.2, -0.15) is 0 Å². The summed E-state index contributed by atoms with van der Waals surface area (Å²) in [5.74, 6) is 1.24. The van der Waals surface area contributed by atoms with Gasteiger partial charge in [-0.25, -0.2) is 0 Å². The summed E-state index contributed by atoms with van der Waals surface area (Å²) >= 11 is 7.33. The SMILES string of the molecule is CCOc1cc(/C=C2\NC(=S)N(CC)C2=O)cc(I)c1OC. The number of likely N-dealkylation sites (N-methyl/N-ethyl adjacent to an activating group) is 1. The molecule has 1 aromatic rings. The molecule has 1 N–H and O–H groups in total. The number of ether oxygens (including phenoxy) is 2. The molecular formula is C15H17IN2O3S. The van der Waals surface area contributed by atoms with Crippen molar-refractivity contribution < 1.29 is 14.3 Å². The zero-order valence-electron chi connectivity index (χ0n) is 12.6. The van der Waals surface area contributed by atoms with Crippen molar-refractivity contribution in [3.63, 3.8) is 0 Å². The van der Waals surface area contributed by atoms with E-state index in [0.717, 1.165) is 9.13 Å². The molecule has 1 heterocycles. The predicted molar refractivity (Wildman–Crippen MR) is 98.0 cm³/mol. The Bertz CT molecular complexity index is 646. The number of rotatable bonds is 5. The molecule has 1 amide bonds. The summed E-state index contributed by atoms with van der Waals surface area (Å²) in [4.78, 5) is 13.7. The summed E-state index contributed by atoms with van der Waals surface area (Å²) in [5.41, 5.74) is 1.32. The molecule has 0 atom stereocenters. The number of benzene rings is 1. The van der Waals surface area contributed by atoms with Gasteiger partial charge in [0, 0.05) is 6.54 Å². The van der Waals surface area contributed by atoms with E-state index in [1.165, 1.54) is 4.90 Å². The molecule has 1 saturated heterocycles. The van der Waals surface area contributed by atoms with Gasteiger partial charge in [-0.1, -0.05) is 0 Å². The number of nitrogens with zero attached hydrogens (tertiary/aromatic N) is 1. The summed E-state index contributed by atoms with van der Waals surface area (Å²) in [6.07, 6.45) is 1.77. The van der Waals surface area contributed by atoms with Crippen molar-refractivity contribution in [2.75, 3.05) is 20.3 Å². The molecule has 1 aliphatic heterocycles. The second-order valence-electron chi connectivity index (χ2n) is 4.50. The van der Waals surface area contributed by atoms with E-state index < -0.39 is 0 Å². The Labute approximate surface area is 148 Å². The molecule has 0 saturated carbocycles. The number of hydrogen-bond donors (Lipinski definition) is 1. The maximum Gasteiger partial charge on any atom is 0.276 e. The van der Waals surface area contributed by atoms with Crippen molar-refractivity contribution in [3.8, 4) is 11.5 Å². The van der Waals surface area contributed by atoms with Gasteiger partial charge in [-0.15, -0.1) is 0 Å². The minimum absolute atomic E-state index is 0.115. The third-order valence-corrected chi connectivity index (χ3v) is 4.25. The van der Waals surface area contributed by atoms with Crippen LogP contribution in [0.3, 0.4) is 0 Å². The maximum absolute atomic E-state index is 12.2. The van der Waals surface area contributed by atoms with Crippen LogP contribution in [-0.2, 0) is 4.79 Å². The molecule has 7 heteroatoms. The van der Waals surface area contributed by atoms with Crippen LogP contribution in [0.5, 0.6) is 11.5 Å². The van der Waals surface area contributed by atoms with Crippen molar-refractivity contribution in [2.24, 2.45) is 0 Å². The molecule has 0 unspecified atom stereocenters. The zero-order chi connectivity index (χ0) is 16.3. The third kappa shape index (κ3) is 3.35. The second-order valence-corrected chi connectivity index (χ2v) is 6.05. The standard InChI is InChI=1S/C15H17IN2O3S/c1-4-18-14(19)11(17-15(18)22)7-9-6-10(16)13(20-3)12(8-9)21-5-2/h6-8H,4-5H2,1-3H3,(H,17,22)/b11-7-. The molecule has 1 aliphatic rings. The highest BCUT2D eigenvalue weighted by Gasteiger charge is 2.29. The minimum Gasteiger partial charge on any atom is -0.492 e. The van der Waals surface area contributed by atoms with Gasteiger partial charge in [-0.3, -0.25) is 9.69 Å². The summed E-state index contributed by atoms with van der Waals surface area (Å²) in [6.45, 7) is 4.89. The third-order valence-electron chi connectivity index (χ3n) is 3.13. The molecule has 0 aliphatic carbocycles. The summed E-state index contributed by atoms with van der Waals surface area (Å²) in [7, 11) is 1.61. The summed E-state index contributed by atoms with van der Waals surface area (Å²) < 4.78 is 11.9. The van der Waals surface area contributed by atoms with E-state index in [9.17, 15) is 4.79 Å². The maximum atomic E-state index is 12.2. The molecule has 22 heavy (non-hydrogen) atoms. The van der Waals surface area contributed by atoms with Crippen LogP contribution in [0.1, 0.15) is 19.4 Å². The van der Waals surface area contributed by atoms with Crippen LogP contribution in [0, 0.1) is 3.57 Å². The number of carbonyl (C=O) groups excluding carboxylic acids is 1. The molecular weight excluding hydrogens is 415 g/mol. The molecule has 1 fully saturated rings. The van der Waals surface area contributed by atoms with Crippen molar-refractivity contribution in [2.45, 2.75) is 13.8 Å². The quantitative estimate of drug-likeness (QED) is 0.441. The van der Waals surface area contributed by atoms with Crippen LogP contribution in [0.2, 0.25) is 0 Å². The Hall–Kier alpha value is -1.35. The highest BCUT2D eigenvalue weighted by Crippen LogP contribution is 2.34. The molecule has 0 aromatic heterocycles. The van der Waals surface area contributed by atoms with Gasteiger partial charge < -0.3 is 14.8 Å². The largest absolute Gasteiger partial charge is 0.492 e. The fourth-order valence-electron chi connectivity index (χ4n) is 2.16. The van der Waals surface area contributed by atoms with E-state index in [-0.39, 0.29) is 5.91 Å². The topological polar surface area (TPSA) is 50.8 Å². The smallest absolute Gasteiger partial charge is 0.276 e. The fourth-order valence-corrected chi connectivity index (χ4v) is 3.33. The number of hydrogen-bond acceptors (Lipinski definition) is 4. The van der Waals surface area contributed by atoms with E-state index in [1.807, 2.05) is 26.0 Å². The Kier molecular flexibility index (Phi) is 5.63. The van der Waals surface area contributed by atoms with Crippen LogP contribution < -0.4 is 14.8 Å². The molecule has 1 aromatic carbocycles. The van der Waals surface area contributed by atoms with E-state index in [0.29, 0.717) is 35.5 Å². The fraction of sp³-hybridized carbons (Fsp3) is 0.333. The normalized spacial score (nSPS) is 16.2. The number of amides is 1. The average Bonchev–Trinajstić information content (AvgIpc) is 2.73. The van der Waals surface area contributed by atoms with Crippen LogP contribution in [0.15, 0.2) is 17.8 Å². The van der Waals surface area contributed by atoms with Crippen molar-refractivity contribution in [3.05, 3.63) is 27.0 Å². The zero-order valence-corrected chi connectivity index (χ0v) is 15.6. The van der Waals surface area contributed by atoms with Gasteiger partial charge in [0.15, 0.2) is 16.6 Å². The first-order chi connectivity index (χ1) is 10.5. The van der Waals surface area contributed by atoms with Crippen molar-refractivity contribution >= 4 is 51.9 Å². The number of carbonyl (C=O) groups is 1. The number of methoxy groups -OCH3 is 1. The lowest BCUT2D eigenvalue weighted by molar-refractivity contribution is -0.122. The molecule has 0 bridgehead atoms. The van der Waals surface area contributed by atoms with E-state index >= 15 is 0 Å².